The minimum Gasteiger partial charge on any atom is -0.492 e. The largest absolute Gasteiger partial charge is 0.492 e. The van der Waals surface area contributed by atoms with Crippen LogP contribution in [-0.2, 0) is 4.79 Å². The molecule has 0 aliphatic carbocycles. The molecule has 3 aromatic rings. The molecule has 4 heteroatoms. The molecule has 1 amide bonds. The third-order valence-electron chi connectivity index (χ3n) is 3.91. The van der Waals surface area contributed by atoms with Gasteiger partial charge in [0.2, 0.25) is 5.91 Å². The van der Waals surface area contributed by atoms with Crippen LogP contribution in [0, 0.1) is 0 Å². The summed E-state index contributed by atoms with van der Waals surface area (Å²) in [5.74, 6) is 0.555. The second kappa shape index (κ2) is 8.72. The third-order valence-corrected chi connectivity index (χ3v) is 3.91. The maximum absolute atomic E-state index is 12.2. The molecule has 0 saturated carbocycles. The van der Waals surface area contributed by atoms with Gasteiger partial charge in [0, 0.05) is 5.69 Å². The number of carbonyl (C=O) groups excluding carboxylic acids is 1. The number of anilines is 2. The van der Waals surface area contributed by atoms with E-state index in [9.17, 15) is 4.79 Å². The van der Waals surface area contributed by atoms with Gasteiger partial charge in [-0.15, -0.1) is 0 Å². The van der Waals surface area contributed by atoms with Crippen LogP contribution in [-0.4, -0.2) is 19.1 Å². The Kier molecular flexibility index (Phi) is 5.88. The Morgan fingerprint density at radius 3 is 2.23 bits per heavy atom. The van der Waals surface area contributed by atoms with Crippen molar-refractivity contribution in [1.29, 1.82) is 0 Å². The lowest BCUT2D eigenvalue weighted by Gasteiger charge is -2.12. The lowest BCUT2D eigenvalue weighted by molar-refractivity contribution is -0.114. The van der Waals surface area contributed by atoms with Crippen LogP contribution in [0.3, 0.4) is 0 Å². The Balaban J connectivity index is 1.56. The van der Waals surface area contributed by atoms with E-state index >= 15 is 0 Å². The molecule has 0 heterocycles. The molecule has 0 unspecified atom stereocenters. The number of nitrogens with one attached hydrogen (secondary N) is 2. The minimum absolute atomic E-state index is 0.121. The van der Waals surface area contributed by atoms with E-state index in [1.807, 2.05) is 73.7 Å². The number of ether oxygens (including phenoxy) is 1. The highest BCUT2D eigenvalue weighted by atomic mass is 16.5. The van der Waals surface area contributed by atoms with Crippen LogP contribution < -0.4 is 15.4 Å². The summed E-state index contributed by atoms with van der Waals surface area (Å²) >= 11 is 0. The van der Waals surface area contributed by atoms with Crippen LogP contribution in [0.4, 0.5) is 11.4 Å². The topological polar surface area (TPSA) is 50.4 Å². The van der Waals surface area contributed by atoms with Crippen molar-refractivity contribution in [3.05, 3.63) is 78.9 Å². The van der Waals surface area contributed by atoms with Crippen LogP contribution >= 0.6 is 0 Å². The molecule has 0 bridgehead atoms. The minimum atomic E-state index is -0.121. The Bertz CT molecular complexity index is 846. The van der Waals surface area contributed by atoms with Gasteiger partial charge in [0.15, 0.2) is 0 Å². The average Bonchev–Trinajstić information content (AvgIpc) is 2.69. The van der Waals surface area contributed by atoms with E-state index in [-0.39, 0.29) is 12.5 Å². The van der Waals surface area contributed by atoms with Gasteiger partial charge in [-0.2, -0.15) is 0 Å². The smallest absolute Gasteiger partial charge is 0.243 e. The highest BCUT2D eigenvalue weighted by molar-refractivity contribution is 5.95. The molecule has 0 spiro atoms. The van der Waals surface area contributed by atoms with Crippen molar-refractivity contribution in [3.8, 4) is 16.9 Å². The second-order valence-electron chi connectivity index (χ2n) is 5.77. The maximum atomic E-state index is 12.2. The summed E-state index contributed by atoms with van der Waals surface area (Å²) in [4.78, 5) is 12.2. The SMILES string of the molecule is CCOc1ccccc1NC(=O)CNc1ccc(-c2ccccc2)cc1. The highest BCUT2D eigenvalue weighted by Crippen LogP contribution is 2.24. The van der Waals surface area contributed by atoms with Crippen LogP contribution in [0.2, 0.25) is 0 Å². The first-order valence-electron chi connectivity index (χ1n) is 8.67. The number of hydrogen-bond donors (Lipinski definition) is 2. The van der Waals surface area contributed by atoms with Gasteiger partial charge in [0.1, 0.15) is 5.75 Å². The Labute approximate surface area is 153 Å². The molecule has 0 aliphatic rings. The van der Waals surface area contributed by atoms with Gasteiger partial charge in [-0.3, -0.25) is 4.79 Å². The monoisotopic (exact) mass is 346 g/mol. The van der Waals surface area contributed by atoms with E-state index in [0.29, 0.717) is 18.0 Å². The van der Waals surface area contributed by atoms with Crippen molar-refractivity contribution in [2.45, 2.75) is 6.92 Å². The molecule has 132 valence electrons. The first kappa shape index (κ1) is 17.5. The zero-order valence-electron chi connectivity index (χ0n) is 14.7. The standard InChI is InChI=1S/C22H22N2O2/c1-2-26-21-11-7-6-10-20(21)24-22(25)16-23-19-14-12-18(13-15-19)17-8-4-3-5-9-17/h3-15,23H,2,16H2,1H3,(H,24,25). The van der Waals surface area contributed by atoms with Gasteiger partial charge in [0.05, 0.1) is 18.8 Å². The number of rotatable bonds is 7. The van der Waals surface area contributed by atoms with E-state index in [1.54, 1.807) is 0 Å². The molecule has 26 heavy (non-hydrogen) atoms. The quantitative estimate of drug-likeness (QED) is 0.646. The number of amides is 1. The van der Waals surface area contributed by atoms with Crippen LogP contribution in [0.25, 0.3) is 11.1 Å². The fraction of sp³-hybridized carbons (Fsp3) is 0.136. The Hall–Kier alpha value is -3.27. The molecule has 3 aromatic carbocycles. The zero-order valence-corrected chi connectivity index (χ0v) is 14.7. The number of hydrogen-bond acceptors (Lipinski definition) is 3. The molecule has 0 atom stereocenters. The predicted octanol–water partition coefficient (Wildman–Crippen LogP) is 4.80. The molecule has 0 aliphatic heterocycles. The summed E-state index contributed by atoms with van der Waals surface area (Å²) in [7, 11) is 0. The number of benzene rings is 3. The lowest BCUT2D eigenvalue weighted by atomic mass is 10.1. The Morgan fingerprint density at radius 1 is 0.846 bits per heavy atom. The first-order valence-corrected chi connectivity index (χ1v) is 8.67. The highest BCUT2D eigenvalue weighted by Gasteiger charge is 2.07. The molecular weight excluding hydrogens is 324 g/mol. The molecular formula is C22H22N2O2. The number of para-hydroxylation sites is 2. The molecule has 2 N–H and O–H groups in total. The predicted molar refractivity (Wildman–Crippen MR) is 107 cm³/mol. The van der Waals surface area contributed by atoms with Crippen molar-refractivity contribution in [2.24, 2.45) is 0 Å². The zero-order chi connectivity index (χ0) is 18.2. The average molecular weight is 346 g/mol. The summed E-state index contributed by atoms with van der Waals surface area (Å²) in [6, 6.07) is 25.7. The van der Waals surface area contributed by atoms with Gasteiger partial charge >= 0.3 is 0 Å². The fourth-order valence-corrected chi connectivity index (χ4v) is 2.64. The van der Waals surface area contributed by atoms with Gasteiger partial charge in [-0.05, 0) is 42.3 Å². The second-order valence-corrected chi connectivity index (χ2v) is 5.77. The third kappa shape index (κ3) is 4.63. The van der Waals surface area contributed by atoms with Gasteiger partial charge in [-0.1, -0.05) is 54.6 Å². The van der Waals surface area contributed by atoms with Crippen molar-refractivity contribution >= 4 is 17.3 Å². The molecule has 0 saturated heterocycles. The van der Waals surface area contributed by atoms with Crippen LogP contribution in [0.1, 0.15) is 6.92 Å². The lowest BCUT2D eigenvalue weighted by Crippen LogP contribution is -2.22. The molecule has 4 nitrogen and oxygen atoms in total. The van der Waals surface area contributed by atoms with Gasteiger partial charge < -0.3 is 15.4 Å². The van der Waals surface area contributed by atoms with E-state index in [0.717, 1.165) is 11.3 Å². The van der Waals surface area contributed by atoms with Crippen molar-refractivity contribution in [2.75, 3.05) is 23.8 Å². The molecule has 0 radical (unpaired) electrons. The first-order chi connectivity index (χ1) is 12.8. The van der Waals surface area contributed by atoms with E-state index in [1.165, 1.54) is 5.56 Å². The molecule has 0 fully saturated rings. The van der Waals surface area contributed by atoms with Crippen molar-refractivity contribution < 1.29 is 9.53 Å². The maximum Gasteiger partial charge on any atom is 0.243 e. The van der Waals surface area contributed by atoms with E-state index in [2.05, 4.69) is 22.8 Å². The normalized spacial score (nSPS) is 10.2. The molecule has 0 aromatic heterocycles. The van der Waals surface area contributed by atoms with Crippen LogP contribution in [0.15, 0.2) is 78.9 Å². The Morgan fingerprint density at radius 2 is 1.50 bits per heavy atom. The van der Waals surface area contributed by atoms with Gasteiger partial charge in [0.25, 0.3) is 0 Å². The van der Waals surface area contributed by atoms with E-state index < -0.39 is 0 Å². The molecule has 3 rings (SSSR count). The van der Waals surface area contributed by atoms with Gasteiger partial charge in [-0.25, -0.2) is 0 Å². The van der Waals surface area contributed by atoms with Crippen molar-refractivity contribution in [3.63, 3.8) is 0 Å². The van der Waals surface area contributed by atoms with Crippen molar-refractivity contribution in [1.82, 2.24) is 0 Å². The van der Waals surface area contributed by atoms with E-state index in [4.69, 9.17) is 4.74 Å². The summed E-state index contributed by atoms with van der Waals surface area (Å²) < 4.78 is 5.52. The summed E-state index contributed by atoms with van der Waals surface area (Å²) in [6.07, 6.45) is 0. The summed E-state index contributed by atoms with van der Waals surface area (Å²) in [6.45, 7) is 2.66. The number of carbonyl (C=O) groups is 1. The van der Waals surface area contributed by atoms with Crippen LogP contribution in [0.5, 0.6) is 5.75 Å². The summed E-state index contributed by atoms with van der Waals surface area (Å²) in [5.41, 5.74) is 3.90. The summed E-state index contributed by atoms with van der Waals surface area (Å²) in [5, 5.41) is 6.02. The fourth-order valence-electron chi connectivity index (χ4n) is 2.64.